The molecular weight excluding hydrogens is 351 g/mol. The fraction of sp³-hybridized carbons (Fsp3) is 0.300. The summed E-state index contributed by atoms with van der Waals surface area (Å²) in [7, 11) is 1.49. The van der Waals surface area contributed by atoms with Gasteiger partial charge in [-0.2, -0.15) is 0 Å². The van der Waals surface area contributed by atoms with Crippen LogP contribution in [0.1, 0.15) is 41.0 Å². The number of primary amides is 1. The van der Waals surface area contributed by atoms with E-state index in [9.17, 15) is 14.0 Å². The van der Waals surface area contributed by atoms with Crippen LogP contribution in [0.5, 0.6) is 11.5 Å². The summed E-state index contributed by atoms with van der Waals surface area (Å²) in [6, 6.07) is 8.42. The molecule has 0 fully saturated rings. The van der Waals surface area contributed by atoms with Crippen LogP contribution in [0.4, 0.5) is 10.1 Å². The zero-order valence-electron chi connectivity index (χ0n) is 15.5. The minimum Gasteiger partial charge on any atom is -0.493 e. The molecule has 7 heteroatoms. The van der Waals surface area contributed by atoms with Gasteiger partial charge in [-0.25, -0.2) is 4.39 Å². The number of anilines is 1. The molecule has 0 heterocycles. The van der Waals surface area contributed by atoms with Crippen LogP contribution in [-0.2, 0) is 0 Å². The van der Waals surface area contributed by atoms with Gasteiger partial charge in [0.15, 0.2) is 11.5 Å². The van der Waals surface area contributed by atoms with Crippen LogP contribution in [0, 0.1) is 11.7 Å². The Morgan fingerprint density at radius 2 is 1.89 bits per heavy atom. The molecule has 2 rings (SSSR count). The fourth-order valence-electron chi connectivity index (χ4n) is 2.33. The summed E-state index contributed by atoms with van der Waals surface area (Å²) in [6.07, 6.45) is 0.901. The topological polar surface area (TPSA) is 90.6 Å². The summed E-state index contributed by atoms with van der Waals surface area (Å²) in [5, 5.41) is 2.60. The maximum Gasteiger partial charge on any atom is 0.255 e. The van der Waals surface area contributed by atoms with Crippen molar-refractivity contribution in [3.8, 4) is 11.5 Å². The van der Waals surface area contributed by atoms with Gasteiger partial charge in [-0.05, 0) is 48.7 Å². The smallest absolute Gasteiger partial charge is 0.255 e. The van der Waals surface area contributed by atoms with Crippen LogP contribution in [0.3, 0.4) is 0 Å². The van der Waals surface area contributed by atoms with E-state index < -0.39 is 17.6 Å². The Morgan fingerprint density at radius 1 is 1.15 bits per heavy atom. The summed E-state index contributed by atoms with van der Waals surface area (Å²) in [6.45, 7) is 4.76. The summed E-state index contributed by atoms with van der Waals surface area (Å²) in [5.74, 6) is -0.597. The molecule has 0 saturated heterocycles. The highest BCUT2D eigenvalue weighted by molar-refractivity contribution is 6.05. The molecule has 2 aromatic rings. The minimum atomic E-state index is -0.909. The number of rotatable bonds is 8. The van der Waals surface area contributed by atoms with Crippen molar-refractivity contribution in [3.63, 3.8) is 0 Å². The Bertz CT molecular complexity index is 837. The highest BCUT2D eigenvalue weighted by Crippen LogP contribution is 2.29. The molecule has 0 radical (unpaired) electrons. The summed E-state index contributed by atoms with van der Waals surface area (Å²) in [5.41, 5.74) is 5.41. The molecule has 2 aromatic carbocycles. The zero-order valence-corrected chi connectivity index (χ0v) is 15.5. The number of nitrogens with two attached hydrogens (primary N) is 1. The van der Waals surface area contributed by atoms with Crippen LogP contribution in [0.2, 0.25) is 0 Å². The van der Waals surface area contributed by atoms with E-state index in [1.54, 1.807) is 18.2 Å². The third kappa shape index (κ3) is 5.44. The van der Waals surface area contributed by atoms with Gasteiger partial charge in [0, 0.05) is 11.3 Å². The molecule has 0 aromatic heterocycles. The van der Waals surface area contributed by atoms with E-state index in [1.165, 1.54) is 19.2 Å². The van der Waals surface area contributed by atoms with Gasteiger partial charge in [-0.3, -0.25) is 9.59 Å². The van der Waals surface area contributed by atoms with E-state index in [4.69, 9.17) is 15.2 Å². The maximum atomic E-state index is 13.5. The van der Waals surface area contributed by atoms with Crippen LogP contribution in [0.25, 0.3) is 0 Å². The van der Waals surface area contributed by atoms with E-state index in [1.807, 2.05) is 0 Å². The number of methoxy groups -OCH3 is 1. The molecule has 27 heavy (non-hydrogen) atoms. The van der Waals surface area contributed by atoms with Crippen molar-refractivity contribution in [1.29, 1.82) is 0 Å². The van der Waals surface area contributed by atoms with Crippen molar-refractivity contribution < 1.29 is 23.5 Å². The molecule has 0 unspecified atom stereocenters. The lowest BCUT2D eigenvalue weighted by Crippen LogP contribution is -2.16. The largest absolute Gasteiger partial charge is 0.493 e. The number of nitrogens with one attached hydrogen (secondary N) is 1. The van der Waals surface area contributed by atoms with E-state index in [-0.39, 0.29) is 11.3 Å². The lowest BCUT2D eigenvalue weighted by Gasteiger charge is -2.13. The Hall–Kier alpha value is -3.09. The first kappa shape index (κ1) is 20.2. The van der Waals surface area contributed by atoms with Crippen LogP contribution in [-0.4, -0.2) is 25.5 Å². The van der Waals surface area contributed by atoms with E-state index >= 15 is 0 Å². The fourth-order valence-corrected chi connectivity index (χ4v) is 2.33. The number of amides is 2. The quantitative estimate of drug-likeness (QED) is 0.738. The molecule has 0 atom stereocenters. The van der Waals surface area contributed by atoms with Gasteiger partial charge in [0.25, 0.3) is 11.8 Å². The summed E-state index contributed by atoms with van der Waals surface area (Å²) >= 11 is 0. The lowest BCUT2D eigenvalue weighted by molar-refractivity contribution is 0.0992. The number of benzene rings is 2. The number of halogens is 1. The lowest BCUT2D eigenvalue weighted by atomic mass is 10.1. The van der Waals surface area contributed by atoms with Gasteiger partial charge in [-0.15, -0.1) is 0 Å². The van der Waals surface area contributed by atoms with Gasteiger partial charge < -0.3 is 20.5 Å². The van der Waals surface area contributed by atoms with Gasteiger partial charge in [0.2, 0.25) is 0 Å². The average molecular weight is 374 g/mol. The van der Waals surface area contributed by atoms with E-state index in [0.29, 0.717) is 29.6 Å². The second-order valence-electron chi connectivity index (χ2n) is 6.41. The Labute approximate surface area is 157 Å². The highest BCUT2D eigenvalue weighted by Gasteiger charge is 2.14. The van der Waals surface area contributed by atoms with Crippen molar-refractivity contribution >= 4 is 17.5 Å². The third-order valence-corrected chi connectivity index (χ3v) is 3.87. The van der Waals surface area contributed by atoms with Gasteiger partial charge in [-0.1, -0.05) is 13.8 Å². The molecule has 0 aliphatic carbocycles. The predicted molar refractivity (Wildman–Crippen MR) is 101 cm³/mol. The molecule has 2 amide bonds. The first-order valence-electron chi connectivity index (χ1n) is 8.53. The number of ether oxygens (including phenoxy) is 2. The van der Waals surface area contributed by atoms with Crippen molar-refractivity contribution in [2.75, 3.05) is 19.0 Å². The number of hydrogen-bond acceptors (Lipinski definition) is 4. The average Bonchev–Trinajstić information content (AvgIpc) is 2.62. The Kier molecular flexibility index (Phi) is 6.76. The number of hydrogen-bond donors (Lipinski definition) is 2. The predicted octanol–water partition coefficient (Wildman–Crippen LogP) is 3.61. The first-order chi connectivity index (χ1) is 12.8. The molecule has 0 aliphatic heterocycles. The number of carbonyl (C=O) groups excluding carboxylic acids is 2. The monoisotopic (exact) mass is 374 g/mol. The van der Waals surface area contributed by atoms with Gasteiger partial charge in [0.05, 0.1) is 19.3 Å². The number of carbonyl (C=O) groups is 2. The Morgan fingerprint density at radius 3 is 2.52 bits per heavy atom. The first-order valence-corrected chi connectivity index (χ1v) is 8.53. The minimum absolute atomic E-state index is 0.256. The molecule has 0 aliphatic rings. The summed E-state index contributed by atoms with van der Waals surface area (Å²) in [4.78, 5) is 23.7. The Balaban J connectivity index is 2.14. The van der Waals surface area contributed by atoms with Crippen LogP contribution in [0.15, 0.2) is 36.4 Å². The summed E-state index contributed by atoms with van der Waals surface area (Å²) < 4.78 is 24.5. The van der Waals surface area contributed by atoms with Crippen molar-refractivity contribution in [2.24, 2.45) is 11.7 Å². The molecule has 0 spiro atoms. The van der Waals surface area contributed by atoms with Gasteiger partial charge >= 0.3 is 0 Å². The van der Waals surface area contributed by atoms with E-state index in [2.05, 4.69) is 19.2 Å². The third-order valence-electron chi connectivity index (χ3n) is 3.87. The molecule has 0 saturated carbocycles. The zero-order chi connectivity index (χ0) is 20.0. The normalized spacial score (nSPS) is 10.6. The van der Waals surface area contributed by atoms with Crippen LogP contribution < -0.4 is 20.5 Å². The SMILES string of the molecule is COc1cc(C(=O)Nc2ccc(F)c(C(N)=O)c2)ccc1OCCC(C)C. The standard InChI is InChI=1S/C20H23FN2O4/c1-12(2)8-9-27-17-7-4-13(10-18(17)26-3)20(25)23-14-5-6-16(21)15(11-14)19(22)24/h4-7,10-12H,8-9H2,1-3H3,(H2,22,24)(H,23,25). The second kappa shape index (κ2) is 9.02. The molecule has 6 nitrogen and oxygen atoms in total. The van der Waals surface area contributed by atoms with E-state index in [0.717, 1.165) is 12.5 Å². The molecule has 0 bridgehead atoms. The van der Waals surface area contributed by atoms with Crippen molar-refractivity contribution in [3.05, 3.63) is 53.3 Å². The van der Waals surface area contributed by atoms with Gasteiger partial charge in [0.1, 0.15) is 5.82 Å². The molecule has 3 N–H and O–H groups in total. The maximum absolute atomic E-state index is 13.5. The van der Waals surface area contributed by atoms with Crippen molar-refractivity contribution in [1.82, 2.24) is 0 Å². The molecular formula is C20H23FN2O4. The molecule has 144 valence electrons. The van der Waals surface area contributed by atoms with Crippen molar-refractivity contribution in [2.45, 2.75) is 20.3 Å². The van der Waals surface area contributed by atoms with Crippen LogP contribution >= 0.6 is 0 Å². The highest BCUT2D eigenvalue weighted by atomic mass is 19.1. The second-order valence-corrected chi connectivity index (χ2v) is 6.41.